The number of hydrogen-bond acceptors (Lipinski definition) is 5. The van der Waals surface area contributed by atoms with Gasteiger partial charge in [0, 0.05) is 18.2 Å². The van der Waals surface area contributed by atoms with E-state index in [9.17, 15) is 4.39 Å². The number of nitrogens with two attached hydrogens (primary N) is 1. The number of anilines is 3. The minimum Gasteiger partial charge on any atom is -0.340 e. The number of nitrogen functional groups attached to an aromatic ring is 1. The zero-order chi connectivity index (χ0) is 14.5. The fourth-order valence-electron chi connectivity index (χ4n) is 1.69. The largest absolute Gasteiger partial charge is 0.340 e. The van der Waals surface area contributed by atoms with Gasteiger partial charge in [-0.3, -0.25) is 0 Å². The van der Waals surface area contributed by atoms with Crippen LogP contribution in [0.15, 0.2) is 28.7 Å². The second-order valence-corrected chi connectivity index (χ2v) is 5.06. The summed E-state index contributed by atoms with van der Waals surface area (Å²) in [5, 5.41) is 3.10. The van der Waals surface area contributed by atoms with E-state index in [0.717, 1.165) is 18.5 Å². The van der Waals surface area contributed by atoms with Gasteiger partial charge in [-0.2, -0.15) is 0 Å². The van der Waals surface area contributed by atoms with Gasteiger partial charge in [-0.25, -0.2) is 20.2 Å². The van der Waals surface area contributed by atoms with Gasteiger partial charge in [0.2, 0.25) is 0 Å². The van der Waals surface area contributed by atoms with Gasteiger partial charge >= 0.3 is 0 Å². The van der Waals surface area contributed by atoms with E-state index >= 15 is 0 Å². The Kier molecular flexibility index (Phi) is 4.86. The van der Waals surface area contributed by atoms with Gasteiger partial charge in [0.25, 0.3) is 0 Å². The Morgan fingerprint density at radius 1 is 1.25 bits per heavy atom. The third kappa shape index (κ3) is 3.64. The van der Waals surface area contributed by atoms with Crippen molar-refractivity contribution in [3.8, 4) is 0 Å². The van der Waals surface area contributed by atoms with Crippen molar-refractivity contribution in [2.24, 2.45) is 5.84 Å². The molecule has 0 aliphatic carbocycles. The van der Waals surface area contributed by atoms with Crippen molar-refractivity contribution < 1.29 is 4.39 Å². The van der Waals surface area contributed by atoms with Crippen LogP contribution in [0.3, 0.4) is 0 Å². The Morgan fingerprint density at radius 3 is 2.65 bits per heavy atom. The molecular formula is C13H15BrFN5. The summed E-state index contributed by atoms with van der Waals surface area (Å²) >= 11 is 3.15. The predicted molar refractivity (Wildman–Crippen MR) is 81.2 cm³/mol. The van der Waals surface area contributed by atoms with E-state index in [1.54, 1.807) is 18.2 Å². The maximum atomic E-state index is 13.2. The van der Waals surface area contributed by atoms with Crippen LogP contribution >= 0.6 is 15.9 Å². The van der Waals surface area contributed by atoms with Crippen molar-refractivity contribution in [1.29, 1.82) is 0 Å². The molecule has 0 fully saturated rings. The number of hydrogen-bond donors (Lipinski definition) is 3. The minimum absolute atomic E-state index is 0.311. The fraction of sp³-hybridized carbons (Fsp3) is 0.231. The normalized spacial score (nSPS) is 10.4. The zero-order valence-electron chi connectivity index (χ0n) is 11.0. The molecule has 4 N–H and O–H groups in total. The SMILES string of the molecule is CCCc1nc(NN)cc(Nc2ccc(F)c(Br)c2)n1. The van der Waals surface area contributed by atoms with Gasteiger partial charge in [0.15, 0.2) is 0 Å². The minimum atomic E-state index is -0.311. The number of benzene rings is 1. The van der Waals surface area contributed by atoms with Crippen LogP contribution in [0.25, 0.3) is 0 Å². The summed E-state index contributed by atoms with van der Waals surface area (Å²) in [7, 11) is 0. The van der Waals surface area contributed by atoms with E-state index in [0.29, 0.717) is 21.9 Å². The Bertz CT molecular complexity index is 605. The molecule has 0 spiro atoms. The van der Waals surface area contributed by atoms with Crippen molar-refractivity contribution in [3.05, 3.63) is 40.4 Å². The number of rotatable bonds is 5. The molecule has 5 nitrogen and oxygen atoms in total. The molecule has 0 unspecified atom stereocenters. The second kappa shape index (κ2) is 6.62. The molecule has 1 aromatic carbocycles. The van der Waals surface area contributed by atoms with Crippen molar-refractivity contribution in [2.45, 2.75) is 19.8 Å². The van der Waals surface area contributed by atoms with Crippen LogP contribution in [-0.4, -0.2) is 9.97 Å². The van der Waals surface area contributed by atoms with Crippen LogP contribution in [0.4, 0.5) is 21.7 Å². The van der Waals surface area contributed by atoms with E-state index in [1.165, 1.54) is 6.07 Å². The summed E-state index contributed by atoms with van der Waals surface area (Å²) in [6.45, 7) is 2.05. The van der Waals surface area contributed by atoms with Crippen molar-refractivity contribution in [3.63, 3.8) is 0 Å². The lowest BCUT2D eigenvalue weighted by Crippen LogP contribution is -2.11. The fourth-order valence-corrected chi connectivity index (χ4v) is 2.07. The number of halogens is 2. The van der Waals surface area contributed by atoms with E-state index < -0.39 is 0 Å². The molecule has 0 bridgehead atoms. The number of aryl methyl sites for hydroxylation is 1. The van der Waals surface area contributed by atoms with Gasteiger partial charge in [-0.1, -0.05) is 6.92 Å². The molecule has 106 valence electrons. The van der Waals surface area contributed by atoms with Crippen LogP contribution in [0.5, 0.6) is 0 Å². The molecule has 2 rings (SSSR count). The molecule has 0 amide bonds. The highest BCUT2D eigenvalue weighted by molar-refractivity contribution is 9.10. The molecule has 7 heteroatoms. The lowest BCUT2D eigenvalue weighted by molar-refractivity contribution is 0.621. The highest BCUT2D eigenvalue weighted by atomic mass is 79.9. The molecule has 1 heterocycles. The molecule has 0 radical (unpaired) electrons. The third-order valence-electron chi connectivity index (χ3n) is 2.59. The standard InChI is InChI=1S/C13H15BrFN5/c1-2-3-11-18-12(7-13(19-11)20-16)17-8-4-5-10(15)9(14)6-8/h4-7H,2-3,16H2,1H3,(H2,17,18,19,20). The predicted octanol–water partition coefficient (Wildman–Crippen LogP) is 3.36. The maximum Gasteiger partial charge on any atom is 0.145 e. The number of aromatic nitrogens is 2. The quantitative estimate of drug-likeness (QED) is 0.575. The highest BCUT2D eigenvalue weighted by Crippen LogP contribution is 2.23. The first-order chi connectivity index (χ1) is 9.62. The molecular weight excluding hydrogens is 325 g/mol. The summed E-state index contributed by atoms with van der Waals surface area (Å²) in [5.74, 6) is 6.93. The zero-order valence-corrected chi connectivity index (χ0v) is 12.5. The summed E-state index contributed by atoms with van der Waals surface area (Å²) in [6, 6.07) is 6.35. The van der Waals surface area contributed by atoms with E-state index in [-0.39, 0.29) is 5.82 Å². The van der Waals surface area contributed by atoms with Crippen LogP contribution in [-0.2, 0) is 6.42 Å². The lowest BCUT2D eigenvalue weighted by atomic mass is 10.3. The van der Waals surface area contributed by atoms with Crippen LogP contribution in [0.1, 0.15) is 19.2 Å². The number of nitrogens with zero attached hydrogens (tertiary/aromatic N) is 2. The molecule has 0 aliphatic heterocycles. The third-order valence-corrected chi connectivity index (χ3v) is 3.19. The summed E-state index contributed by atoms with van der Waals surface area (Å²) in [4.78, 5) is 8.65. The highest BCUT2D eigenvalue weighted by Gasteiger charge is 2.05. The monoisotopic (exact) mass is 339 g/mol. The van der Waals surface area contributed by atoms with Gasteiger partial charge in [-0.05, 0) is 40.5 Å². The Labute approximate surface area is 124 Å². The van der Waals surface area contributed by atoms with Gasteiger partial charge in [-0.15, -0.1) is 0 Å². The van der Waals surface area contributed by atoms with Crippen LogP contribution in [0, 0.1) is 5.82 Å². The van der Waals surface area contributed by atoms with E-state index in [2.05, 4.69) is 43.6 Å². The summed E-state index contributed by atoms with van der Waals surface area (Å²) < 4.78 is 13.6. The number of nitrogens with one attached hydrogen (secondary N) is 2. The average molecular weight is 340 g/mol. The average Bonchev–Trinajstić information content (AvgIpc) is 2.43. The first-order valence-corrected chi connectivity index (χ1v) is 6.98. The van der Waals surface area contributed by atoms with Crippen molar-refractivity contribution >= 4 is 33.3 Å². The van der Waals surface area contributed by atoms with Gasteiger partial charge < -0.3 is 10.7 Å². The van der Waals surface area contributed by atoms with E-state index in [4.69, 9.17) is 5.84 Å². The van der Waals surface area contributed by atoms with Gasteiger partial charge in [0.1, 0.15) is 23.3 Å². The molecule has 20 heavy (non-hydrogen) atoms. The first-order valence-electron chi connectivity index (χ1n) is 6.19. The van der Waals surface area contributed by atoms with E-state index in [1.807, 2.05) is 0 Å². The van der Waals surface area contributed by atoms with Crippen molar-refractivity contribution in [2.75, 3.05) is 10.7 Å². The second-order valence-electron chi connectivity index (χ2n) is 4.20. The van der Waals surface area contributed by atoms with Crippen LogP contribution in [0.2, 0.25) is 0 Å². The molecule has 2 aromatic rings. The molecule has 0 atom stereocenters. The Hall–Kier alpha value is -1.73. The Morgan fingerprint density at radius 2 is 2.00 bits per heavy atom. The topological polar surface area (TPSA) is 75.9 Å². The molecule has 0 saturated heterocycles. The Balaban J connectivity index is 2.27. The first kappa shape index (κ1) is 14.7. The lowest BCUT2D eigenvalue weighted by Gasteiger charge is -2.10. The maximum absolute atomic E-state index is 13.2. The molecule has 0 aliphatic rings. The smallest absolute Gasteiger partial charge is 0.145 e. The van der Waals surface area contributed by atoms with Crippen molar-refractivity contribution in [1.82, 2.24) is 9.97 Å². The molecule has 0 saturated carbocycles. The summed E-state index contributed by atoms with van der Waals surface area (Å²) in [6.07, 6.45) is 1.70. The van der Waals surface area contributed by atoms with Gasteiger partial charge in [0.05, 0.1) is 4.47 Å². The molecule has 1 aromatic heterocycles. The van der Waals surface area contributed by atoms with Crippen LogP contribution < -0.4 is 16.6 Å². The number of hydrazine groups is 1. The summed E-state index contributed by atoms with van der Waals surface area (Å²) in [5.41, 5.74) is 3.24.